The fourth-order valence-corrected chi connectivity index (χ4v) is 1.39. The zero-order valence-corrected chi connectivity index (χ0v) is 9.21. The second-order valence-electron chi connectivity index (χ2n) is 2.66. The summed E-state index contributed by atoms with van der Waals surface area (Å²) in [4.78, 5) is 1.70. The summed E-state index contributed by atoms with van der Waals surface area (Å²) in [7, 11) is 3.41. The molecule has 3 nitrogen and oxygen atoms in total. The molecule has 0 radical (unpaired) electrons. The predicted molar refractivity (Wildman–Crippen MR) is 56.2 cm³/mol. The van der Waals surface area contributed by atoms with Crippen molar-refractivity contribution in [1.82, 2.24) is 0 Å². The van der Waals surface area contributed by atoms with Crippen LogP contribution in [0.2, 0.25) is 0 Å². The number of aliphatic hydroxyl groups is 1. The number of hydrogen-bond acceptors (Lipinski definition) is 3. The molecule has 0 heterocycles. The lowest BCUT2D eigenvalue weighted by Gasteiger charge is -2.18. The van der Waals surface area contributed by atoms with E-state index in [1.54, 1.807) is 19.1 Å². The van der Waals surface area contributed by atoms with Crippen LogP contribution in [0.15, 0.2) is 22.7 Å². The molecule has 0 atom stereocenters. The van der Waals surface area contributed by atoms with Crippen LogP contribution in [0.5, 0.6) is 5.75 Å². The molecule has 1 aromatic rings. The van der Waals surface area contributed by atoms with E-state index in [9.17, 15) is 0 Å². The highest BCUT2D eigenvalue weighted by Gasteiger charge is 2.06. The van der Waals surface area contributed by atoms with Crippen LogP contribution < -0.4 is 9.64 Å². The van der Waals surface area contributed by atoms with Crippen LogP contribution in [0.25, 0.3) is 0 Å². The molecule has 0 aliphatic carbocycles. The van der Waals surface area contributed by atoms with E-state index in [4.69, 9.17) is 9.84 Å². The second kappa shape index (κ2) is 4.48. The Morgan fingerprint density at radius 3 is 2.77 bits per heavy atom. The summed E-state index contributed by atoms with van der Waals surface area (Å²) in [6.07, 6.45) is 0. The lowest BCUT2D eigenvalue weighted by molar-refractivity contribution is 0.296. The molecule has 0 saturated heterocycles. The van der Waals surface area contributed by atoms with E-state index in [0.29, 0.717) is 0 Å². The van der Waals surface area contributed by atoms with Crippen LogP contribution in [0.1, 0.15) is 0 Å². The Morgan fingerprint density at radius 1 is 1.54 bits per heavy atom. The fourth-order valence-electron chi connectivity index (χ4n) is 1.04. The van der Waals surface area contributed by atoms with Crippen LogP contribution >= 0.6 is 15.9 Å². The van der Waals surface area contributed by atoms with E-state index in [1.807, 2.05) is 18.2 Å². The van der Waals surface area contributed by atoms with Crippen molar-refractivity contribution in [2.45, 2.75) is 0 Å². The third kappa shape index (κ3) is 2.35. The van der Waals surface area contributed by atoms with Gasteiger partial charge in [0, 0.05) is 11.5 Å². The number of rotatable bonds is 3. The molecule has 0 bridgehead atoms. The summed E-state index contributed by atoms with van der Waals surface area (Å²) < 4.78 is 6.11. The van der Waals surface area contributed by atoms with Crippen molar-refractivity contribution in [2.75, 3.05) is 25.8 Å². The summed E-state index contributed by atoms with van der Waals surface area (Å²) in [5.74, 6) is 0.750. The van der Waals surface area contributed by atoms with Crippen molar-refractivity contribution in [3.05, 3.63) is 22.7 Å². The zero-order chi connectivity index (χ0) is 9.84. The first-order chi connectivity index (χ1) is 6.19. The van der Waals surface area contributed by atoms with Gasteiger partial charge in [-0.05, 0) is 18.2 Å². The van der Waals surface area contributed by atoms with Gasteiger partial charge in [0.05, 0.1) is 12.8 Å². The highest BCUT2D eigenvalue weighted by Crippen LogP contribution is 2.30. The summed E-state index contributed by atoms with van der Waals surface area (Å²) in [5.41, 5.74) is 0.861. The van der Waals surface area contributed by atoms with Crippen molar-refractivity contribution in [3.63, 3.8) is 0 Å². The molecule has 4 heteroatoms. The molecular formula is C9H12BrNO2. The number of aliphatic hydroxyl groups excluding tert-OH is 1. The van der Waals surface area contributed by atoms with Crippen molar-refractivity contribution in [2.24, 2.45) is 0 Å². The highest BCUT2D eigenvalue weighted by atomic mass is 79.9. The number of benzene rings is 1. The van der Waals surface area contributed by atoms with E-state index in [1.165, 1.54) is 0 Å². The maximum Gasteiger partial charge on any atom is 0.142 e. The monoisotopic (exact) mass is 245 g/mol. The van der Waals surface area contributed by atoms with Gasteiger partial charge in [0.2, 0.25) is 0 Å². The molecule has 1 aromatic carbocycles. The highest BCUT2D eigenvalue weighted by molar-refractivity contribution is 9.10. The second-order valence-corrected chi connectivity index (χ2v) is 3.57. The van der Waals surface area contributed by atoms with Gasteiger partial charge in [-0.3, -0.25) is 0 Å². The first-order valence-electron chi connectivity index (χ1n) is 3.84. The van der Waals surface area contributed by atoms with Gasteiger partial charge in [0.1, 0.15) is 12.5 Å². The van der Waals surface area contributed by atoms with Crippen molar-refractivity contribution in [3.8, 4) is 5.75 Å². The van der Waals surface area contributed by atoms with Gasteiger partial charge in [-0.25, -0.2) is 0 Å². The molecule has 0 aromatic heterocycles. The quantitative estimate of drug-likeness (QED) is 0.826. The van der Waals surface area contributed by atoms with E-state index in [0.717, 1.165) is 15.9 Å². The van der Waals surface area contributed by atoms with Crippen molar-refractivity contribution in [1.29, 1.82) is 0 Å². The Balaban J connectivity index is 3.07. The predicted octanol–water partition coefficient (Wildman–Crippen LogP) is 1.84. The lowest BCUT2D eigenvalue weighted by Crippen LogP contribution is -2.18. The maximum atomic E-state index is 8.95. The molecular weight excluding hydrogens is 234 g/mol. The van der Waals surface area contributed by atoms with Crippen molar-refractivity contribution < 1.29 is 9.84 Å². The molecule has 0 spiro atoms. The largest absolute Gasteiger partial charge is 0.495 e. The van der Waals surface area contributed by atoms with E-state index >= 15 is 0 Å². The first kappa shape index (κ1) is 10.3. The van der Waals surface area contributed by atoms with Gasteiger partial charge in [0.25, 0.3) is 0 Å². The Hall–Kier alpha value is -0.740. The van der Waals surface area contributed by atoms with Gasteiger partial charge < -0.3 is 14.7 Å². The topological polar surface area (TPSA) is 32.7 Å². The van der Waals surface area contributed by atoms with Gasteiger partial charge in [-0.1, -0.05) is 15.9 Å². The summed E-state index contributed by atoms with van der Waals surface area (Å²) >= 11 is 3.36. The minimum Gasteiger partial charge on any atom is -0.495 e. The number of nitrogens with zero attached hydrogens (tertiary/aromatic N) is 1. The molecule has 0 saturated carbocycles. The normalized spacial score (nSPS) is 9.85. The van der Waals surface area contributed by atoms with Crippen LogP contribution in [0, 0.1) is 0 Å². The Morgan fingerprint density at radius 2 is 2.23 bits per heavy atom. The zero-order valence-electron chi connectivity index (χ0n) is 7.62. The van der Waals surface area contributed by atoms with Crippen LogP contribution in [0.3, 0.4) is 0 Å². The third-order valence-electron chi connectivity index (χ3n) is 1.76. The molecule has 1 rings (SSSR count). The summed E-state index contributed by atoms with van der Waals surface area (Å²) in [6, 6.07) is 5.65. The van der Waals surface area contributed by atoms with Gasteiger partial charge in [-0.2, -0.15) is 0 Å². The molecule has 0 unspecified atom stereocenters. The summed E-state index contributed by atoms with van der Waals surface area (Å²) in [6.45, 7) is -0.0349. The van der Waals surface area contributed by atoms with Gasteiger partial charge in [-0.15, -0.1) is 0 Å². The Kier molecular flexibility index (Phi) is 3.57. The fraction of sp³-hybridized carbons (Fsp3) is 0.333. The average Bonchev–Trinajstić information content (AvgIpc) is 2.16. The van der Waals surface area contributed by atoms with Crippen LogP contribution in [-0.2, 0) is 0 Å². The van der Waals surface area contributed by atoms with Gasteiger partial charge in [0.15, 0.2) is 0 Å². The Labute approximate surface area is 86.1 Å². The lowest BCUT2D eigenvalue weighted by atomic mass is 10.3. The molecule has 13 heavy (non-hydrogen) atoms. The van der Waals surface area contributed by atoms with Crippen molar-refractivity contribution >= 4 is 21.6 Å². The number of ether oxygens (including phenoxy) is 1. The average molecular weight is 246 g/mol. The Bertz CT molecular complexity index is 291. The number of anilines is 1. The van der Waals surface area contributed by atoms with Crippen LogP contribution in [0.4, 0.5) is 5.69 Å². The van der Waals surface area contributed by atoms with E-state index < -0.39 is 0 Å². The molecule has 72 valence electrons. The SMILES string of the molecule is COc1ccc(Br)cc1N(C)CO. The van der Waals surface area contributed by atoms with E-state index in [2.05, 4.69) is 15.9 Å². The third-order valence-corrected chi connectivity index (χ3v) is 2.26. The molecule has 0 aliphatic heterocycles. The smallest absolute Gasteiger partial charge is 0.142 e. The van der Waals surface area contributed by atoms with E-state index in [-0.39, 0.29) is 6.73 Å². The van der Waals surface area contributed by atoms with Crippen LogP contribution in [-0.4, -0.2) is 26.0 Å². The summed E-state index contributed by atoms with van der Waals surface area (Å²) in [5, 5.41) is 8.95. The molecule has 0 amide bonds. The number of methoxy groups -OCH3 is 1. The first-order valence-corrected chi connectivity index (χ1v) is 4.64. The number of hydrogen-bond donors (Lipinski definition) is 1. The molecule has 1 N–H and O–H groups in total. The minimum absolute atomic E-state index is 0.0349. The molecule has 0 fully saturated rings. The molecule has 0 aliphatic rings. The van der Waals surface area contributed by atoms with Gasteiger partial charge >= 0.3 is 0 Å². The number of halogens is 1. The standard InChI is InChI=1S/C9H12BrNO2/c1-11(6-12)8-5-7(10)3-4-9(8)13-2/h3-5,12H,6H2,1-2H3. The maximum absolute atomic E-state index is 8.95. The minimum atomic E-state index is -0.0349.